The highest BCUT2D eigenvalue weighted by Crippen LogP contribution is 2.36. The fourth-order valence-corrected chi connectivity index (χ4v) is 2.29. The zero-order valence-corrected chi connectivity index (χ0v) is 10.3. The second-order valence-electron chi connectivity index (χ2n) is 4.77. The van der Waals surface area contributed by atoms with E-state index in [9.17, 15) is 4.79 Å². The van der Waals surface area contributed by atoms with Gasteiger partial charge in [0.1, 0.15) is 5.60 Å². The molecule has 2 rings (SSSR count). The van der Waals surface area contributed by atoms with Crippen LogP contribution in [-0.2, 0) is 14.3 Å². The molecule has 17 heavy (non-hydrogen) atoms. The van der Waals surface area contributed by atoms with E-state index in [1.807, 2.05) is 37.3 Å². The number of rotatable bonds is 2. The Labute approximate surface area is 102 Å². The number of carbonyl (C=O) groups excluding carboxylic acids is 1. The van der Waals surface area contributed by atoms with E-state index in [0.29, 0.717) is 6.61 Å². The highest BCUT2D eigenvalue weighted by molar-refractivity contribution is 5.66. The molecule has 1 aliphatic rings. The summed E-state index contributed by atoms with van der Waals surface area (Å²) >= 11 is 0. The van der Waals surface area contributed by atoms with E-state index in [4.69, 9.17) is 9.47 Å². The zero-order valence-electron chi connectivity index (χ0n) is 10.3. The van der Waals surface area contributed by atoms with E-state index in [1.54, 1.807) is 0 Å². The fourth-order valence-electron chi connectivity index (χ4n) is 2.29. The van der Waals surface area contributed by atoms with E-state index in [-0.39, 0.29) is 12.1 Å². The summed E-state index contributed by atoms with van der Waals surface area (Å²) in [6.45, 7) is 4.06. The first-order chi connectivity index (χ1) is 8.09. The van der Waals surface area contributed by atoms with Crippen molar-refractivity contribution in [2.24, 2.45) is 0 Å². The summed E-state index contributed by atoms with van der Waals surface area (Å²) in [4.78, 5) is 11.1. The van der Waals surface area contributed by atoms with Crippen molar-refractivity contribution in [1.29, 1.82) is 0 Å². The second kappa shape index (κ2) is 4.88. The van der Waals surface area contributed by atoms with Gasteiger partial charge >= 0.3 is 5.97 Å². The lowest BCUT2D eigenvalue weighted by atomic mass is 9.89. The van der Waals surface area contributed by atoms with E-state index in [1.165, 1.54) is 6.92 Å². The Bertz CT molecular complexity index is 388. The van der Waals surface area contributed by atoms with Crippen LogP contribution in [-0.4, -0.2) is 18.2 Å². The first-order valence-corrected chi connectivity index (χ1v) is 5.95. The summed E-state index contributed by atoms with van der Waals surface area (Å²) in [7, 11) is 0. The summed E-state index contributed by atoms with van der Waals surface area (Å²) in [5.74, 6) is -0.221. The molecule has 0 bridgehead atoms. The van der Waals surface area contributed by atoms with Crippen molar-refractivity contribution in [3.8, 4) is 0 Å². The normalized spacial score (nSPS) is 28.7. The van der Waals surface area contributed by atoms with Crippen molar-refractivity contribution in [1.82, 2.24) is 0 Å². The third-order valence-electron chi connectivity index (χ3n) is 3.13. The number of esters is 1. The molecular weight excluding hydrogens is 216 g/mol. The van der Waals surface area contributed by atoms with Crippen molar-refractivity contribution in [2.75, 3.05) is 6.61 Å². The van der Waals surface area contributed by atoms with Gasteiger partial charge in [-0.1, -0.05) is 30.3 Å². The molecule has 1 saturated heterocycles. The lowest BCUT2D eigenvalue weighted by molar-refractivity contribution is -0.170. The van der Waals surface area contributed by atoms with Crippen molar-refractivity contribution in [3.63, 3.8) is 0 Å². The fraction of sp³-hybridized carbons (Fsp3) is 0.500. The molecule has 0 N–H and O–H groups in total. The largest absolute Gasteiger partial charge is 0.459 e. The van der Waals surface area contributed by atoms with Gasteiger partial charge in [0, 0.05) is 19.8 Å². The van der Waals surface area contributed by atoms with E-state index < -0.39 is 5.60 Å². The van der Waals surface area contributed by atoms with Crippen LogP contribution in [0.4, 0.5) is 0 Å². The van der Waals surface area contributed by atoms with E-state index in [2.05, 4.69) is 0 Å². The number of ether oxygens (including phenoxy) is 2. The molecule has 3 heteroatoms. The molecule has 1 aromatic rings. The highest BCUT2D eigenvalue weighted by Gasteiger charge is 2.36. The lowest BCUT2D eigenvalue weighted by Crippen LogP contribution is -2.38. The molecule has 92 valence electrons. The quantitative estimate of drug-likeness (QED) is 0.738. The van der Waals surface area contributed by atoms with Crippen LogP contribution >= 0.6 is 0 Å². The molecule has 3 nitrogen and oxygen atoms in total. The Morgan fingerprint density at radius 1 is 1.41 bits per heavy atom. The smallest absolute Gasteiger partial charge is 0.303 e. The second-order valence-corrected chi connectivity index (χ2v) is 4.77. The van der Waals surface area contributed by atoms with Gasteiger partial charge in [-0.25, -0.2) is 0 Å². The van der Waals surface area contributed by atoms with Crippen LogP contribution in [0.15, 0.2) is 30.3 Å². The van der Waals surface area contributed by atoms with Gasteiger partial charge in [0.15, 0.2) is 0 Å². The van der Waals surface area contributed by atoms with Gasteiger partial charge in [-0.05, 0) is 12.5 Å². The summed E-state index contributed by atoms with van der Waals surface area (Å²) in [6, 6.07) is 10.1. The van der Waals surface area contributed by atoms with Crippen LogP contribution in [0.1, 0.15) is 38.4 Å². The molecule has 0 amide bonds. The minimum Gasteiger partial charge on any atom is -0.459 e. The van der Waals surface area contributed by atoms with Gasteiger partial charge in [0.25, 0.3) is 0 Å². The molecule has 0 radical (unpaired) electrons. The van der Waals surface area contributed by atoms with E-state index in [0.717, 1.165) is 18.4 Å². The maximum absolute atomic E-state index is 11.1. The monoisotopic (exact) mass is 234 g/mol. The Balaban J connectivity index is 2.09. The number of benzene rings is 1. The maximum Gasteiger partial charge on any atom is 0.303 e. The van der Waals surface area contributed by atoms with Crippen molar-refractivity contribution in [2.45, 2.75) is 38.4 Å². The average Bonchev–Trinajstić information content (AvgIpc) is 2.28. The van der Waals surface area contributed by atoms with Crippen molar-refractivity contribution in [3.05, 3.63) is 35.9 Å². The van der Waals surface area contributed by atoms with Crippen molar-refractivity contribution < 1.29 is 14.3 Å². The minimum atomic E-state index is -0.398. The van der Waals surface area contributed by atoms with Crippen LogP contribution < -0.4 is 0 Å². The summed E-state index contributed by atoms with van der Waals surface area (Å²) in [6.07, 6.45) is 1.50. The van der Waals surface area contributed by atoms with Gasteiger partial charge < -0.3 is 9.47 Å². The first-order valence-electron chi connectivity index (χ1n) is 5.95. The Morgan fingerprint density at radius 3 is 2.76 bits per heavy atom. The van der Waals surface area contributed by atoms with Crippen LogP contribution in [0.3, 0.4) is 0 Å². The van der Waals surface area contributed by atoms with Gasteiger partial charge in [-0.3, -0.25) is 4.79 Å². The Hall–Kier alpha value is -1.35. The molecule has 1 fully saturated rings. The van der Waals surface area contributed by atoms with Gasteiger partial charge in [-0.15, -0.1) is 0 Å². The molecule has 0 aliphatic carbocycles. The van der Waals surface area contributed by atoms with Crippen LogP contribution in [0.5, 0.6) is 0 Å². The molecule has 0 saturated carbocycles. The highest BCUT2D eigenvalue weighted by atomic mass is 16.6. The summed E-state index contributed by atoms with van der Waals surface area (Å²) in [5, 5.41) is 0. The third-order valence-corrected chi connectivity index (χ3v) is 3.13. The van der Waals surface area contributed by atoms with Crippen molar-refractivity contribution >= 4 is 5.97 Å². The zero-order chi connectivity index (χ0) is 12.3. The SMILES string of the molecule is CC(=O)O[C@]1(C)CCO[C@H](c2ccccc2)C1. The molecular formula is C14H18O3. The molecule has 0 aromatic heterocycles. The Kier molecular flexibility index (Phi) is 3.48. The van der Waals surface area contributed by atoms with Gasteiger partial charge in [-0.2, -0.15) is 0 Å². The maximum atomic E-state index is 11.1. The van der Waals surface area contributed by atoms with Gasteiger partial charge in [0.05, 0.1) is 12.7 Å². The topological polar surface area (TPSA) is 35.5 Å². The average molecular weight is 234 g/mol. The first kappa shape index (κ1) is 12.1. The number of hydrogen-bond donors (Lipinski definition) is 0. The third kappa shape index (κ3) is 3.07. The molecule has 1 aliphatic heterocycles. The lowest BCUT2D eigenvalue weighted by Gasteiger charge is -2.37. The predicted octanol–water partition coefficient (Wildman–Crippen LogP) is 2.86. The molecule has 0 spiro atoms. The predicted molar refractivity (Wildman–Crippen MR) is 64.5 cm³/mol. The van der Waals surface area contributed by atoms with Crippen LogP contribution in [0.2, 0.25) is 0 Å². The Morgan fingerprint density at radius 2 is 2.12 bits per heavy atom. The molecule has 2 atom stereocenters. The van der Waals surface area contributed by atoms with E-state index >= 15 is 0 Å². The number of hydrogen-bond acceptors (Lipinski definition) is 3. The summed E-state index contributed by atoms with van der Waals surface area (Å²) in [5.41, 5.74) is 0.746. The minimum absolute atomic E-state index is 0.0225. The molecule has 0 unspecified atom stereocenters. The summed E-state index contributed by atoms with van der Waals surface area (Å²) < 4.78 is 11.2. The molecule has 1 heterocycles. The molecule has 1 aromatic carbocycles. The van der Waals surface area contributed by atoms with Gasteiger partial charge in [0.2, 0.25) is 0 Å². The number of carbonyl (C=O) groups is 1. The van der Waals surface area contributed by atoms with Crippen LogP contribution in [0.25, 0.3) is 0 Å². The van der Waals surface area contributed by atoms with Crippen LogP contribution in [0, 0.1) is 0 Å². The standard InChI is InChI=1S/C14H18O3/c1-11(15)17-14(2)8-9-16-13(10-14)12-6-4-3-5-7-12/h3-7,13H,8-10H2,1-2H3/t13-,14+/m0/s1.